The maximum absolute atomic E-state index is 12.8. The van der Waals surface area contributed by atoms with E-state index in [0.717, 1.165) is 10.3 Å². The molecule has 1 aliphatic heterocycles. The lowest BCUT2D eigenvalue weighted by atomic mass is 9.97. The normalized spacial score (nSPS) is 16.8. The Bertz CT molecular complexity index is 1090. The lowest BCUT2D eigenvalue weighted by Gasteiger charge is -2.30. The summed E-state index contributed by atoms with van der Waals surface area (Å²) in [7, 11) is -3.50. The van der Waals surface area contributed by atoms with Gasteiger partial charge in [-0.1, -0.05) is 15.9 Å². The van der Waals surface area contributed by atoms with Crippen molar-refractivity contribution in [1.29, 1.82) is 0 Å². The number of aromatic amines is 1. The van der Waals surface area contributed by atoms with E-state index in [-0.39, 0.29) is 17.7 Å². The number of anilines is 2. The van der Waals surface area contributed by atoms with Crippen molar-refractivity contribution in [2.24, 2.45) is 0 Å². The van der Waals surface area contributed by atoms with E-state index in [1.807, 2.05) is 0 Å². The molecule has 0 unspecified atom stereocenters. The second-order valence-corrected chi connectivity index (χ2v) is 9.27. The Morgan fingerprint density at radius 2 is 1.74 bits per heavy atom. The number of fused-ring (bicyclic) bond motifs is 1. The molecular formula is C16H18BrN7O2S. The summed E-state index contributed by atoms with van der Waals surface area (Å²) in [5.41, 5.74) is 12.5. The van der Waals surface area contributed by atoms with Crippen molar-refractivity contribution in [1.82, 2.24) is 24.2 Å². The fourth-order valence-electron chi connectivity index (χ4n) is 3.27. The Balaban J connectivity index is 1.52. The third-order valence-corrected chi connectivity index (χ3v) is 7.15. The second-order valence-electron chi connectivity index (χ2n) is 6.42. The maximum Gasteiger partial charge on any atom is 0.243 e. The van der Waals surface area contributed by atoms with Gasteiger partial charge in [-0.3, -0.25) is 0 Å². The summed E-state index contributed by atoms with van der Waals surface area (Å²) < 4.78 is 28.0. The largest absolute Gasteiger partial charge is 0.382 e. The number of H-pyrrole nitrogens is 1. The Morgan fingerprint density at radius 1 is 1.07 bits per heavy atom. The first kappa shape index (κ1) is 18.1. The maximum atomic E-state index is 12.8. The molecule has 9 nitrogen and oxygen atoms in total. The van der Waals surface area contributed by atoms with Gasteiger partial charge in [0.2, 0.25) is 16.0 Å². The molecule has 3 heterocycles. The van der Waals surface area contributed by atoms with E-state index in [1.54, 1.807) is 24.3 Å². The molecule has 0 bridgehead atoms. The van der Waals surface area contributed by atoms with E-state index < -0.39 is 10.0 Å². The molecule has 3 aromatic rings. The molecule has 0 saturated carbocycles. The SMILES string of the molecule is Nc1nc(N)c2[nH]c(C3CCN(S(=O)(=O)c4ccc(Br)cc4)CC3)nc2n1. The standard InChI is InChI=1S/C16H18BrN7O2S/c17-10-1-3-11(4-2-10)27(25,26)24-7-5-9(6-8-24)14-20-12-13(18)21-16(19)23-15(12)22-14/h1-4,9H,5-8H2,(H5,18,19,20,21,22,23). The van der Waals surface area contributed by atoms with E-state index in [4.69, 9.17) is 11.5 Å². The molecule has 11 heteroatoms. The number of piperidine rings is 1. The van der Waals surface area contributed by atoms with Crippen LogP contribution in [0, 0.1) is 0 Å². The summed E-state index contributed by atoms with van der Waals surface area (Å²) in [6.45, 7) is 0.840. The number of aromatic nitrogens is 4. The van der Waals surface area contributed by atoms with Gasteiger partial charge in [0.25, 0.3) is 0 Å². The first-order chi connectivity index (χ1) is 12.8. The van der Waals surface area contributed by atoms with Crippen LogP contribution in [0.5, 0.6) is 0 Å². The zero-order valence-electron chi connectivity index (χ0n) is 14.3. The number of nitrogen functional groups attached to an aromatic ring is 2. The van der Waals surface area contributed by atoms with Crippen LogP contribution in [0.3, 0.4) is 0 Å². The predicted octanol–water partition coefficient (Wildman–Crippen LogP) is 1.85. The molecule has 1 fully saturated rings. The van der Waals surface area contributed by atoms with Gasteiger partial charge < -0.3 is 16.5 Å². The van der Waals surface area contributed by atoms with E-state index in [1.165, 1.54) is 4.31 Å². The van der Waals surface area contributed by atoms with Crippen LogP contribution in [0.4, 0.5) is 11.8 Å². The van der Waals surface area contributed by atoms with Crippen LogP contribution >= 0.6 is 15.9 Å². The van der Waals surface area contributed by atoms with Crippen LogP contribution in [-0.4, -0.2) is 45.7 Å². The van der Waals surface area contributed by atoms with Gasteiger partial charge >= 0.3 is 0 Å². The third kappa shape index (κ3) is 3.37. The molecule has 1 aliphatic rings. The summed E-state index contributed by atoms with van der Waals surface area (Å²) in [6, 6.07) is 6.67. The van der Waals surface area contributed by atoms with Crippen LogP contribution in [0.2, 0.25) is 0 Å². The Hall–Kier alpha value is -2.24. The van der Waals surface area contributed by atoms with Crippen molar-refractivity contribution in [2.75, 3.05) is 24.6 Å². The minimum atomic E-state index is -3.50. The molecule has 27 heavy (non-hydrogen) atoms. The zero-order valence-corrected chi connectivity index (χ0v) is 16.7. The first-order valence-electron chi connectivity index (χ1n) is 8.39. The zero-order chi connectivity index (χ0) is 19.2. The number of imidazole rings is 1. The Labute approximate surface area is 164 Å². The van der Waals surface area contributed by atoms with E-state index in [0.29, 0.717) is 42.0 Å². The van der Waals surface area contributed by atoms with Gasteiger partial charge in [0.15, 0.2) is 11.5 Å². The van der Waals surface area contributed by atoms with Crippen molar-refractivity contribution < 1.29 is 8.42 Å². The lowest BCUT2D eigenvalue weighted by Crippen LogP contribution is -2.38. The third-order valence-electron chi connectivity index (χ3n) is 4.71. The highest BCUT2D eigenvalue weighted by atomic mass is 79.9. The summed E-state index contributed by atoms with van der Waals surface area (Å²) >= 11 is 3.32. The van der Waals surface area contributed by atoms with Crippen molar-refractivity contribution in [3.05, 3.63) is 34.6 Å². The number of nitrogens with two attached hydrogens (primary N) is 2. The van der Waals surface area contributed by atoms with Crippen LogP contribution in [0.25, 0.3) is 11.2 Å². The number of hydrogen-bond acceptors (Lipinski definition) is 7. The summed E-state index contributed by atoms with van der Waals surface area (Å²) in [5, 5.41) is 0. The number of rotatable bonds is 3. The minimum Gasteiger partial charge on any atom is -0.382 e. The number of sulfonamides is 1. The molecule has 1 saturated heterocycles. The topological polar surface area (TPSA) is 144 Å². The van der Waals surface area contributed by atoms with Crippen LogP contribution in [0.15, 0.2) is 33.6 Å². The van der Waals surface area contributed by atoms with Crippen LogP contribution < -0.4 is 11.5 Å². The molecule has 0 radical (unpaired) electrons. The summed E-state index contributed by atoms with van der Waals surface area (Å²) in [6.07, 6.45) is 1.30. The average Bonchev–Trinajstić information content (AvgIpc) is 3.06. The van der Waals surface area contributed by atoms with Gasteiger partial charge in [0, 0.05) is 23.5 Å². The number of nitrogens with one attached hydrogen (secondary N) is 1. The predicted molar refractivity (Wildman–Crippen MR) is 105 cm³/mol. The molecule has 0 atom stereocenters. The second kappa shape index (κ2) is 6.73. The molecule has 142 valence electrons. The van der Waals surface area contributed by atoms with Gasteiger partial charge in [0.05, 0.1) is 4.90 Å². The van der Waals surface area contributed by atoms with Crippen molar-refractivity contribution in [2.45, 2.75) is 23.7 Å². The Morgan fingerprint density at radius 3 is 2.41 bits per heavy atom. The smallest absolute Gasteiger partial charge is 0.243 e. The molecule has 1 aromatic carbocycles. The fourth-order valence-corrected chi connectivity index (χ4v) is 5.01. The van der Waals surface area contributed by atoms with E-state index in [2.05, 4.69) is 35.9 Å². The van der Waals surface area contributed by atoms with Crippen molar-refractivity contribution >= 4 is 48.9 Å². The first-order valence-corrected chi connectivity index (χ1v) is 10.6. The number of benzene rings is 1. The highest BCUT2D eigenvalue weighted by Crippen LogP contribution is 2.31. The molecule has 0 spiro atoms. The fraction of sp³-hybridized carbons (Fsp3) is 0.312. The van der Waals surface area contributed by atoms with E-state index in [9.17, 15) is 8.42 Å². The molecular weight excluding hydrogens is 434 g/mol. The van der Waals surface area contributed by atoms with Crippen molar-refractivity contribution in [3.8, 4) is 0 Å². The van der Waals surface area contributed by atoms with Gasteiger partial charge in [-0.05, 0) is 37.1 Å². The molecule has 0 amide bonds. The van der Waals surface area contributed by atoms with Crippen molar-refractivity contribution in [3.63, 3.8) is 0 Å². The highest BCUT2D eigenvalue weighted by molar-refractivity contribution is 9.10. The Kier molecular flexibility index (Phi) is 4.52. The number of nitrogens with zero attached hydrogens (tertiary/aromatic N) is 4. The quantitative estimate of drug-likeness (QED) is 0.550. The van der Waals surface area contributed by atoms with Gasteiger partial charge in [-0.2, -0.15) is 14.3 Å². The molecule has 2 aromatic heterocycles. The van der Waals surface area contributed by atoms with Gasteiger partial charge in [0.1, 0.15) is 11.3 Å². The highest BCUT2D eigenvalue weighted by Gasteiger charge is 2.31. The van der Waals surface area contributed by atoms with Gasteiger partial charge in [-0.25, -0.2) is 13.4 Å². The summed E-state index contributed by atoms with van der Waals surface area (Å²) in [5.74, 6) is 1.16. The molecule has 0 aliphatic carbocycles. The number of halogens is 1. The van der Waals surface area contributed by atoms with Crippen LogP contribution in [0.1, 0.15) is 24.6 Å². The molecule has 4 rings (SSSR count). The van der Waals surface area contributed by atoms with E-state index >= 15 is 0 Å². The monoisotopic (exact) mass is 451 g/mol. The number of hydrogen-bond donors (Lipinski definition) is 3. The summed E-state index contributed by atoms with van der Waals surface area (Å²) in [4.78, 5) is 15.9. The average molecular weight is 452 g/mol. The van der Waals surface area contributed by atoms with Gasteiger partial charge in [-0.15, -0.1) is 0 Å². The minimum absolute atomic E-state index is 0.0773. The van der Waals surface area contributed by atoms with Crippen LogP contribution in [-0.2, 0) is 10.0 Å². The molecule has 5 N–H and O–H groups in total. The lowest BCUT2D eigenvalue weighted by molar-refractivity contribution is 0.314.